The third kappa shape index (κ3) is 3.32. The SMILES string of the molecule is O=C(NCC(C1CC1)C1CC1)c1ccc(Cl)c(Br)c1. The van der Waals surface area contributed by atoms with Crippen LogP contribution in [0.15, 0.2) is 22.7 Å². The van der Waals surface area contributed by atoms with Gasteiger partial charge in [0.05, 0.1) is 5.02 Å². The average molecular weight is 343 g/mol. The van der Waals surface area contributed by atoms with Gasteiger partial charge in [0.1, 0.15) is 0 Å². The normalized spacial score (nSPS) is 18.7. The zero-order valence-electron chi connectivity index (χ0n) is 10.7. The summed E-state index contributed by atoms with van der Waals surface area (Å²) >= 11 is 9.28. The Morgan fingerprint density at radius 1 is 1.32 bits per heavy atom. The number of nitrogens with one attached hydrogen (secondary N) is 1. The van der Waals surface area contributed by atoms with E-state index < -0.39 is 0 Å². The minimum absolute atomic E-state index is 0.00340. The molecule has 2 aliphatic rings. The molecule has 102 valence electrons. The Balaban J connectivity index is 1.59. The molecule has 0 heterocycles. The third-order valence-electron chi connectivity index (χ3n) is 4.14. The van der Waals surface area contributed by atoms with Crippen LogP contribution < -0.4 is 5.32 Å². The number of halogens is 2. The van der Waals surface area contributed by atoms with Gasteiger partial charge in [-0.05, 0) is 77.6 Å². The van der Waals surface area contributed by atoms with E-state index >= 15 is 0 Å². The smallest absolute Gasteiger partial charge is 0.251 e. The highest BCUT2D eigenvalue weighted by Crippen LogP contribution is 2.48. The fourth-order valence-corrected chi connectivity index (χ4v) is 3.21. The molecule has 0 spiro atoms. The molecule has 0 unspecified atom stereocenters. The summed E-state index contributed by atoms with van der Waals surface area (Å²) in [6.07, 6.45) is 5.40. The first-order valence-corrected chi connectivity index (χ1v) is 8.05. The molecule has 0 radical (unpaired) electrons. The van der Waals surface area contributed by atoms with Crippen LogP contribution in [0.4, 0.5) is 0 Å². The van der Waals surface area contributed by atoms with Crippen LogP contribution in [0.2, 0.25) is 5.02 Å². The van der Waals surface area contributed by atoms with Crippen molar-refractivity contribution in [3.63, 3.8) is 0 Å². The summed E-state index contributed by atoms with van der Waals surface area (Å²) in [7, 11) is 0. The molecule has 0 aliphatic heterocycles. The van der Waals surface area contributed by atoms with Crippen molar-refractivity contribution >= 4 is 33.4 Å². The Labute approximate surface area is 127 Å². The molecule has 2 aliphatic carbocycles. The minimum Gasteiger partial charge on any atom is -0.352 e. The molecule has 0 aromatic heterocycles. The maximum Gasteiger partial charge on any atom is 0.251 e. The van der Waals surface area contributed by atoms with E-state index in [2.05, 4.69) is 21.2 Å². The summed E-state index contributed by atoms with van der Waals surface area (Å²) in [5.41, 5.74) is 0.668. The zero-order chi connectivity index (χ0) is 13.4. The molecular weight excluding hydrogens is 326 g/mol. The topological polar surface area (TPSA) is 29.1 Å². The lowest BCUT2D eigenvalue weighted by molar-refractivity contribution is 0.0943. The maximum absolute atomic E-state index is 12.1. The summed E-state index contributed by atoms with van der Waals surface area (Å²) in [6.45, 7) is 0.828. The lowest BCUT2D eigenvalue weighted by atomic mass is 9.98. The van der Waals surface area contributed by atoms with Crippen molar-refractivity contribution in [1.82, 2.24) is 5.32 Å². The molecule has 0 saturated heterocycles. The molecule has 1 aromatic carbocycles. The fourth-order valence-electron chi connectivity index (χ4n) is 2.72. The molecule has 1 aromatic rings. The fraction of sp³-hybridized carbons (Fsp3) is 0.533. The second kappa shape index (κ2) is 5.45. The summed E-state index contributed by atoms with van der Waals surface area (Å²) < 4.78 is 0.766. The first-order valence-electron chi connectivity index (χ1n) is 6.88. The van der Waals surface area contributed by atoms with Crippen LogP contribution in [-0.4, -0.2) is 12.5 Å². The van der Waals surface area contributed by atoms with Gasteiger partial charge in [0.15, 0.2) is 0 Å². The van der Waals surface area contributed by atoms with Crippen LogP contribution in [0.25, 0.3) is 0 Å². The van der Waals surface area contributed by atoms with E-state index in [-0.39, 0.29) is 5.91 Å². The predicted octanol–water partition coefficient (Wildman–Crippen LogP) is 4.27. The molecule has 1 amide bonds. The van der Waals surface area contributed by atoms with Gasteiger partial charge >= 0.3 is 0 Å². The first-order chi connectivity index (χ1) is 9.15. The molecule has 2 fully saturated rings. The van der Waals surface area contributed by atoms with Crippen LogP contribution in [0.5, 0.6) is 0 Å². The van der Waals surface area contributed by atoms with Gasteiger partial charge in [-0.3, -0.25) is 4.79 Å². The van der Waals surface area contributed by atoms with Gasteiger partial charge in [-0.25, -0.2) is 0 Å². The number of amides is 1. The second-order valence-electron chi connectivity index (χ2n) is 5.68. The highest BCUT2D eigenvalue weighted by Gasteiger charge is 2.41. The Morgan fingerprint density at radius 3 is 2.47 bits per heavy atom. The number of hydrogen-bond donors (Lipinski definition) is 1. The summed E-state index contributed by atoms with van der Waals surface area (Å²) in [4.78, 5) is 12.1. The maximum atomic E-state index is 12.1. The summed E-state index contributed by atoms with van der Waals surface area (Å²) in [6, 6.07) is 5.30. The molecule has 2 nitrogen and oxygen atoms in total. The van der Waals surface area contributed by atoms with Gasteiger partial charge in [0.25, 0.3) is 5.91 Å². The van der Waals surface area contributed by atoms with Crippen LogP contribution in [-0.2, 0) is 0 Å². The van der Waals surface area contributed by atoms with Crippen LogP contribution in [0.3, 0.4) is 0 Å². The Bertz CT molecular complexity index is 485. The zero-order valence-corrected chi connectivity index (χ0v) is 13.0. The van der Waals surface area contributed by atoms with E-state index in [4.69, 9.17) is 11.6 Å². The van der Waals surface area contributed by atoms with Crippen LogP contribution >= 0.6 is 27.5 Å². The summed E-state index contributed by atoms with van der Waals surface area (Å²) in [5, 5.41) is 3.72. The van der Waals surface area contributed by atoms with Crippen molar-refractivity contribution in [2.24, 2.45) is 17.8 Å². The number of carbonyl (C=O) groups excluding carboxylic acids is 1. The first kappa shape index (κ1) is 13.4. The third-order valence-corrected chi connectivity index (χ3v) is 5.35. The Kier molecular flexibility index (Phi) is 3.86. The minimum atomic E-state index is 0.00340. The Hall–Kier alpha value is -0.540. The van der Waals surface area contributed by atoms with Crippen molar-refractivity contribution in [2.75, 3.05) is 6.54 Å². The quantitative estimate of drug-likeness (QED) is 0.850. The molecule has 2 saturated carbocycles. The van der Waals surface area contributed by atoms with E-state index in [0.717, 1.165) is 22.9 Å². The van der Waals surface area contributed by atoms with Gasteiger partial charge in [0.2, 0.25) is 0 Å². The van der Waals surface area contributed by atoms with Crippen molar-refractivity contribution in [3.8, 4) is 0 Å². The van der Waals surface area contributed by atoms with E-state index in [1.54, 1.807) is 18.2 Å². The molecule has 19 heavy (non-hydrogen) atoms. The van der Waals surface area contributed by atoms with Gasteiger partial charge in [-0.15, -0.1) is 0 Å². The lowest BCUT2D eigenvalue weighted by Crippen LogP contribution is -2.31. The van der Waals surface area contributed by atoms with Crippen molar-refractivity contribution in [3.05, 3.63) is 33.3 Å². The van der Waals surface area contributed by atoms with Gasteiger partial charge in [-0.2, -0.15) is 0 Å². The number of hydrogen-bond acceptors (Lipinski definition) is 1. The van der Waals surface area contributed by atoms with Crippen LogP contribution in [0.1, 0.15) is 36.0 Å². The van der Waals surface area contributed by atoms with Crippen molar-refractivity contribution < 1.29 is 4.79 Å². The highest BCUT2D eigenvalue weighted by molar-refractivity contribution is 9.10. The van der Waals surface area contributed by atoms with E-state index in [0.29, 0.717) is 16.5 Å². The van der Waals surface area contributed by atoms with Gasteiger partial charge < -0.3 is 5.32 Å². The standard InChI is InChI=1S/C15H17BrClNO/c16-13-7-11(5-6-14(13)17)15(19)18-8-12(9-1-2-9)10-3-4-10/h5-7,9-10,12H,1-4,8H2,(H,18,19). The van der Waals surface area contributed by atoms with Gasteiger partial charge in [0, 0.05) is 16.6 Å². The molecule has 0 atom stereocenters. The number of carbonyl (C=O) groups is 1. The summed E-state index contributed by atoms with van der Waals surface area (Å²) in [5.74, 6) is 2.44. The molecule has 0 bridgehead atoms. The average Bonchev–Trinajstić information content (AvgIpc) is 3.26. The Morgan fingerprint density at radius 2 is 1.95 bits per heavy atom. The molecule has 3 rings (SSSR count). The van der Waals surface area contributed by atoms with Crippen molar-refractivity contribution in [2.45, 2.75) is 25.7 Å². The molecule has 4 heteroatoms. The van der Waals surface area contributed by atoms with Crippen molar-refractivity contribution in [1.29, 1.82) is 0 Å². The second-order valence-corrected chi connectivity index (χ2v) is 6.94. The van der Waals surface area contributed by atoms with E-state index in [1.165, 1.54) is 25.7 Å². The molecular formula is C15H17BrClNO. The highest BCUT2D eigenvalue weighted by atomic mass is 79.9. The monoisotopic (exact) mass is 341 g/mol. The lowest BCUT2D eigenvalue weighted by Gasteiger charge is -2.16. The van der Waals surface area contributed by atoms with E-state index in [1.807, 2.05) is 0 Å². The largest absolute Gasteiger partial charge is 0.352 e. The molecule has 1 N–H and O–H groups in total. The van der Waals surface area contributed by atoms with Crippen LogP contribution in [0, 0.1) is 17.8 Å². The van der Waals surface area contributed by atoms with E-state index in [9.17, 15) is 4.79 Å². The van der Waals surface area contributed by atoms with Gasteiger partial charge in [-0.1, -0.05) is 11.6 Å². The number of rotatable bonds is 5. The predicted molar refractivity (Wildman–Crippen MR) is 80.4 cm³/mol. The number of benzene rings is 1.